The fraction of sp³-hybridized carbons (Fsp3) is 0.0714. The lowest BCUT2D eigenvalue weighted by atomic mass is 10.0. The Kier molecular flexibility index (Phi) is 6.63. The molecule has 0 spiro atoms. The van der Waals surface area contributed by atoms with Gasteiger partial charge in [0, 0.05) is 26.7 Å². The Hall–Kier alpha value is -3.87. The van der Waals surface area contributed by atoms with Crippen LogP contribution in [0.25, 0.3) is 16.8 Å². The number of nitrogens with one attached hydrogen (secondary N) is 1. The van der Waals surface area contributed by atoms with E-state index in [1.54, 1.807) is 42.5 Å². The molecule has 0 bridgehead atoms. The third kappa shape index (κ3) is 4.78. The number of rotatable bonds is 6. The minimum absolute atomic E-state index is 0.0714. The van der Waals surface area contributed by atoms with Crippen LogP contribution in [0.15, 0.2) is 84.6 Å². The zero-order chi connectivity index (χ0) is 25.2. The number of hydrogen-bond acceptors (Lipinski definition) is 3. The van der Waals surface area contributed by atoms with Crippen LogP contribution in [-0.2, 0) is 17.9 Å². The molecule has 1 aliphatic rings. The molecule has 4 aromatic rings. The van der Waals surface area contributed by atoms with Crippen LogP contribution in [-0.4, -0.2) is 16.8 Å². The fourth-order valence-electron chi connectivity index (χ4n) is 4.00. The first-order valence-corrected chi connectivity index (χ1v) is 11.8. The van der Waals surface area contributed by atoms with E-state index in [-0.39, 0.29) is 24.4 Å². The van der Waals surface area contributed by atoms with Crippen LogP contribution in [0.4, 0.5) is 9.18 Å². The predicted molar refractivity (Wildman–Crippen MR) is 138 cm³/mol. The highest BCUT2D eigenvalue weighted by atomic mass is 35.5. The summed E-state index contributed by atoms with van der Waals surface area (Å²) < 4.78 is 20.2. The van der Waals surface area contributed by atoms with Gasteiger partial charge in [0.05, 0.1) is 6.54 Å². The van der Waals surface area contributed by atoms with Gasteiger partial charge in [-0.3, -0.25) is 9.69 Å². The van der Waals surface area contributed by atoms with Crippen LogP contribution < -0.4 is 10.1 Å². The summed E-state index contributed by atoms with van der Waals surface area (Å²) in [4.78, 5) is 26.7. The number of halogens is 3. The number of imide groups is 1. The molecule has 0 aromatic heterocycles. The fourth-order valence-corrected chi connectivity index (χ4v) is 4.46. The van der Waals surface area contributed by atoms with Gasteiger partial charge >= 0.3 is 6.03 Å². The van der Waals surface area contributed by atoms with Crippen LogP contribution in [0.1, 0.15) is 16.7 Å². The number of nitrogens with zero attached hydrogens (tertiary/aromatic N) is 1. The van der Waals surface area contributed by atoms with E-state index in [0.717, 1.165) is 21.2 Å². The van der Waals surface area contributed by atoms with Gasteiger partial charge in [-0.25, -0.2) is 9.18 Å². The van der Waals surface area contributed by atoms with E-state index in [1.165, 1.54) is 12.1 Å². The molecule has 36 heavy (non-hydrogen) atoms. The maximum atomic E-state index is 14.1. The number of fused-ring (bicyclic) bond motifs is 1. The van der Waals surface area contributed by atoms with Gasteiger partial charge in [-0.2, -0.15) is 0 Å². The first-order chi connectivity index (χ1) is 17.4. The highest BCUT2D eigenvalue weighted by molar-refractivity contribution is 6.35. The van der Waals surface area contributed by atoms with Crippen LogP contribution in [0, 0.1) is 5.82 Å². The minimum atomic E-state index is -0.620. The van der Waals surface area contributed by atoms with E-state index < -0.39 is 17.8 Å². The molecule has 0 unspecified atom stereocenters. The zero-order valence-corrected chi connectivity index (χ0v) is 20.3. The highest BCUT2D eigenvalue weighted by Crippen LogP contribution is 2.32. The third-order valence-electron chi connectivity index (χ3n) is 5.87. The van der Waals surface area contributed by atoms with Crippen LogP contribution >= 0.6 is 23.2 Å². The Morgan fingerprint density at radius 3 is 2.50 bits per heavy atom. The standard InChI is InChI=1S/C28H19Cl2FN2O3/c29-20-11-9-19(23(30)13-20)16-36-26-12-10-17-5-1-3-7-21(17)22(26)14-25-27(34)33(28(35)32-25)15-18-6-2-4-8-24(18)31/h1-14H,15-16H2,(H,32,35)/b25-14+. The number of ether oxygens (including phenoxy) is 1. The normalized spacial score (nSPS) is 14.5. The SMILES string of the molecule is O=C1N/C(=C/c2c(OCc3ccc(Cl)cc3Cl)ccc3ccccc23)C(=O)N1Cc1ccccc1F. The molecule has 0 atom stereocenters. The van der Waals surface area contributed by atoms with E-state index >= 15 is 0 Å². The number of carbonyl (C=O) groups is 2. The van der Waals surface area contributed by atoms with Gasteiger partial charge in [-0.1, -0.05) is 77.8 Å². The van der Waals surface area contributed by atoms with Crippen molar-refractivity contribution >= 4 is 52.0 Å². The van der Waals surface area contributed by atoms with Crippen molar-refractivity contribution in [1.29, 1.82) is 0 Å². The molecule has 1 heterocycles. The average Bonchev–Trinajstić information content (AvgIpc) is 3.13. The van der Waals surface area contributed by atoms with Crippen molar-refractivity contribution in [1.82, 2.24) is 10.2 Å². The smallest absolute Gasteiger partial charge is 0.329 e. The highest BCUT2D eigenvalue weighted by Gasteiger charge is 2.34. The summed E-state index contributed by atoms with van der Waals surface area (Å²) in [7, 11) is 0. The molecule has 1 fully saturated rings. The number of amides is 3. The Labute approximate surface area is 216 Å². The summed E-state index contributed by atoms with van der Waals surface area (Å²) in [5.41, 5.74) is 1.68. The molecule has 1 aliphatic heterocycles. The number of hydrogen-bond donors (Lipinski definition) is 1. The summed E-state index contributed by atoms with van der Waals surface area (Å²) >= 11 is 12.3. The third-order valence-corrected chi connectivity index (χ3v) is 6.45. The van der Waals surface area contributed by atoms with Crippen molar-refractivity contribution in [3.8, 4) is 5.75 Å². The van der Waals surface area contributed by atoms with Crippen LogP contribution in [0.2, 0.25) is 10.0 Å². The largest absolute Gasteiger partial charge is 0.488 e. The molecular weight excluding hydrogens is 502 g/mol. The van der Waals surface area contributed by atoms with E-state index in [4.69, 9.17) is 27.9 Å². The second-order valence-corrected chi connectivity index (χ2v) is 9.04. The molecule has 1 saturated heterocycles. The van der Waals surface area contributed by atoms with E-state index in [0.29, 0.717) is 21.4 Å². The monoisotopic (exact) mass is 520 g/mol. The number of urea groups is 1. The van der Waals surface area contributed by atoms with Gasteiger partial charge in [0.1, 0.15) is 23.9 Å². The lowest BCUT2D eigenvalue weighted by Crippen LogP contribution is -2.30. The Morgan fingerprint density at radius 2 is 1.69 bits per heavy atom. The summed E-state index contributed by atoms with van der Waals surface area (Å²) in [6, 6.07) is 21.9. The molecule has 1 N–H and O–H groups in total. The molecule has 5 nitrogen and oxygen atoms in total. The van der Waals surface area contributed by atoms with Crippen molar-refractivity contribution < 1.29 is 18.7 Å². The molecule has 180 valence electrons. The van der Waals surface area contributed by atoms with Gasteiger partial charge in [0.15, 0.2) is 0 Å². The van der Waals surface area contributed by atoms with Gasteiger partial charge in [0.25, 0.3) is 5.91 Å². The van der Waals surface area contributed by atoms with Crippen LogP contribution in [0.3, 0.4) is 0 Å². The van der Waals surface area contributed by atoms with E-state index in [9.17, 15) is 14.0 Å². The topological polar surface area (TPSA) is 58.6 Å². The Bertz CT molecular complexity index is 1540. The predicted octanol–water partition coefficient (Wildman–Crippen LogP) is 6.96. The van der Waals surface area contributed by atoms with E-state index in [2.05, 4.69) is 5.32 Å². The maximum Gasteiger partial charge on any atom is 0.329 e. The van der Waals surface area contributed by atoms with Crippen molar-refractivity contribution in [2.24, 2.45) is 0 Å². The molecular formula is C28H19Cl2FN2O3. The molecule has 0 aliphatic carbocycles. The molecule has 0 saturated carbocycles. The summed E-state index contributed by atoms with van der Waals surface area (Å²) in [6.07, 6.45) is 1.59. The van der Waals surface area contributed by atoms with Gasteiger partial charge in [-0.15, -0.1) is 0 Å². The first kappa shape index (κ1) is 23.9. The number of carbonyl (C=O) groups excluding carboxylic acids is 2. The summed E-state index contributed by atoms with van der Waals surface area (Å²) in [5.74, 6) is -0.536. The molecule has 0 radical (unpaired) electrons. The molecule has 4 aromatic carbocycles. The summed E-state index contributed by atoms with van der Waals surface area (Å²) in [6.45, 7) is -0.00707. The Morgan fingerprint density at radius 1 is 0.917 bits per heavy atom. The van der Waals surface area contributed by atoms with Crippen molar-refractivity contribution in [2.45, 2.75) is 13.2 Å². The minimum Gasteiger partial charge on any atom is -0.488 e. The molecule has 3 amide bonds. The second kappa shape index (κ2) is 10.0. The van der Waals surface area contributed by atoms with Crippen molar-refractivity contribution in [3.63, 3.8) is 0 Å². The van der Waals surface area contributed by atoms with Gasteiger partial charge in [0.2, 0.25) is 0 Å². The zero-order valence-electron chi connectivity index (χ0n) is 18.8. The second-order valence-electron chi connectivity index (χ2n) is 8.19. The molecule has 5 rings (SSSR count). The molecule has 8 heteroatoms. The summed E-state index contributed by atoms with van der Waals surface area (Å²) in [5, 5.41) is 5.37. The lowest BCUT2D eigenvalue weighted by Gasteiger charge is -2.14. The Balaban J connectivity index is 1.49. The first-order valence-electron chi connectivity index (χ1n) is 11.1. The van der Waals surface area contributed by atoms with E-state index in [1.807, 2.05) is 30.3 Å². The van der Waals surface area contributed by atoms with Crippen molar-refractivity contribution in [2.75, 3.05) is 0 Å². The van der Waals surface area contributed by atoms with Gasteiger partial charge in [-0.05, 0) is 41.1 Å². The lowest BCUT2D eigenvalue weighted by molar-refractivity contribution is -0.123. The average molecular weight is 521 g/mol. The number of benzene rings is 4. The quantitative estimate of drug-likeness (QED) is 0.221. The maximum absolute atomic E-state index is 14.1. The van der Waals surface area contributed by atoms with Crippen LogP contribution in [0.5, 0.6) is 5.75 Å². The van der Waals surface area contributed by atoms with Crippen molar-refractivity contribution in [3.05, 3.63) is 117 Å². The van der Waals surface area contributed by atoms with Gasteiger partial charge < -0.3 is 10.1 Å².